The van der Waals surface area contributed by atoms with Crippen LogP contribution in [0.15, 0.2) is 18.2 Å². The van der Waals surface area contributed by atoms with Crippen LogP contribution >= 0.6 is 23.4 Å². The van der Waals surface area contributed by atoms with Gasteiger partial charge in [0.25, 0.3) is 0 Å². The highest BCUT2D eigenvalue weighted by molar-refractivity contribution is 7.99. The van der Waals surface area contributed by atoms with Gasteiger partial charge in [-0.05, 0) is 12.1 Å². The van der Waals surface area contributed by atoms with E-state index in [2.05, 4.69) is 0 Å². The molecule has 1 fully saturated rings. The zero-order valence-electron chi connectivity index (χ0n) is 9.60. The van der Waals surface area contributed by atoms with Crippen molar-refractivity contribution < 1.29 is 14.3 Å². The van der Waals surface area contributed by atoms with E-state index < -0.39 is 12.0 Å². The monoisotopic (exact) mass is 289 g/mol. The second kappa shape index (κ2) is 5.91. The van der Waals surface area contributed by atoms with Crippen LogP contribution < -0.4 is 0 Å². The number of rotatable bonds is 3. The molecule has 1 saturated heterocycles. The summed E-state index contributed by atoms with van der Waals surface area (Å²) in [6.07, 6.45) is 0. The van der Waals surface area contributed by atoms with Gasteiger partial charge in [-0.2, -0.15) is 11.8 Å². The fourth-order valence-electron chi connectivity index (χ4n) is 1.94. The molecule has 0 radical (unpaired) electrons. The molecule has 1 aromatic rings. The summed E-state index contributed by atoms with van der Waals surface area (Å²) in [5.74, 6) is 0.136. The van der Waals surface area contributed by atoms with Crippen LogP contribution in [0.3, 0.4) is 0 Å². The lowest BCUT2D eigenvalue weighted by Gasteiger charge is -2.32. The minimum atomic E-state index is -0.866. The quantitative estimate of drug-likeness (QED) is 0.928. The van der Waals surface area contributed by atoms with Gasteiger partial charge in [-0.25, -0.2) is 4.39 Å². The number of benzene rings is 1. The summed E-state index contributed by atoms with van der Waals surface area (Å²) in [5.41, 5.74) is 0.373. The number of carboxylic acid groups (broad SMARTS) is 1. The number of thioether (sulfide) groups is 1. The summed E-state index contributed by atoms with van der Waals surface area (Å²) in [7, 11) is 0. The maximum absolute atomic E-state index is 13.7. The standard InChI is InChI=1S/C12H13ClFNO2S/c13-9-2-1-3-10(14)8(9)6-15-4-5-18-7-11(15)12(16)17/h1-3,11H,4-7H2,(H,16,17). The Morgan fingerprint density at radius 3 is 3.06 bits per heavy atom. The highest BCUT2D eigenvalue weighted by Crippen LogP contribution is 2.24. The van der Waals surface area contributed by atoms with Crippen molar-refractivity contribution in [2.45, 2.75) is 12.6 Å². The van der Waals surface area contributed by atoms with Crippen LogP contribution in [0, 0.1) is 5.82 Å². The van der Waals surface area contributed by atoms with Crippen LogP contribution in [0.2, 0.25) is 5.02 Å². The minimum Gasteiger partial charge on any atom is -0.480 e. The molecule has 1 aromatic carbocycles. The molecule has 1 unspecified atom stereocenters. The van der Waals surface area contributed by atoms with E-state index in [0.29, 0.717) is 22.9 Å². The lowest BCUT2D eigenvalue weighted by Crippen LogP contribution is -2.46. The average Bonchev–Trinajstić information content (AvgIpc) is 2.34. The van der Waals surface area contributed by atoms with Gasteiger partial charge in [0.15, 0.2) is 0 Å². The summed E-state index contributed by atoms with van der Waals surface area (Å²) in [4.78, 5) is 12.9. The van der Waals surface area contributed by atoms with Gasteiger partial charge in [-0.15, -0.1) is 0 Å². The molecule has 1 aliphatic rings. The zero-order chi connectivity index (χ0) is 13.1. The van der Waals surface area contributed by atoms with Crippen LogP contribution in [-0.2, 0) is 11.3 Å². The lowest BCUT2D eigenvalue weighted by atomic mass is 10.1. The molecular formula is C12H13ClFNO2S. The van der Waals surface area contributed by atoms with Crippen LogP contribution in [0.4, 0.5) is 4.39 Å². The van der Waals surface area contributed by atoms with Gasteiger partial charge in [0, 0.05) is 35.2 Å². The van der Waals surface area contributed by atoms with E-state index in [4.69, 9.17) is 16.7 Å². The van der Waals surface area contributed by atoms with Crippen molar-refractivity contribution >= 4 is 29.3 Å². The number of nitrogens with zero attached hydrogens (tertiary/aromatic N) is 1. The molecule has 1 aliphatic heterocycles. The van der Waals surface area contributed by atoms with Crippen molar-refractivity contribution in [3.05, 3.63) is 34.6 Å². The number of hydrogen-bond donors (Lipinski definition) is 1. The highest BCUT2D eigenvalue weighted by atomic mass is 35.5. The zero-order valence-corrected chi connectivity index (χ0v) is 11.2. The molecule has 98 valence electrons. The van der Waals surface area contributed by atoms with Gasteiger partial charge in [-0.3, -0.25) is 9.69 Å². The average molecular weight is 290 g/mol. The first-order valence-electron chi connectivity index (χ1n) is 5.57. The number of carboxylic acids is 1. The second-order valence-corrected chi connectivity index (χ2v) is 5.66. The number of hydrogen-bond acceptors (Lipinski definition) is 3. The molecule has 6 heteroatoms. The number of carbonyl (C=O) groups is 1. The molecule has 3 nitrogen and oxygen atoms in total. The van der Waals surface area contributed by atoms with Crippen LogP contribution in [0.25, 0.3) is 0 Å². The molecule has 0 bridgehead atoms. The Labute approximate surface area is 114 Å². The van der Waals surface area contributed by atoms with Crippen LogP contribution in [-0.4, -0.2) is 40.1 Å². The third-order valence-electron chi connectivity index (χ3n) is 2.95. The van der Waals surface area contributed by atoms with Gasteiger partial charge in [0.05, 0.1) is 0 Å². The predicted molar refractivity (Wildman–Crippen MR) is 70.6 cm³/mol. The number of aliphatic carboxylic acids is 1. The first-order valence-corrected chi connectivity index (χ1v) is 7.10. The molecule has 2 rings (SSSR count). The molecule has 0 aliphatic carbocycles. The van der Waals surface area contributed by atoms with Gasteiger partial charge in [-0.1, -0.05) is 17.7 Å². The highest BCUT2D eigenvalue weighted by Gasteiger charge is 2.29. The Kier molecular flexibility index (Phi) is 4.48. The number of halogens is 2. The summed E-state index contributed by atoms with van der Waals surface area (Å²) in [6.45, 7) is 0.870. The molecule has 0 amide bonds. The molecule has 0 saturated carbocycles. The summed E-state index contributed by atoms with van der Waals surface area (Å²) >= 11 is 7.56. The molecule has 1 N–H and O–H groups in total. The minimum absolute atomic E-state index is 0.239. The Morgan fingerprint density at radius 2 is 2.39 bits per heavy atom. The Hall–Kier alpha value is -0.780. The maximum Gasteiger partial charge on any atom is 0.321 e. The Balaban J connectivity index is 2.18. The molecule has 0 aromatic heterocycles. The van der Waals surface area contributed by atoms with Gasteiger partial charge < -0.3 is 5.11 Å². The smallest absolute Gasteiger partial charge is 0.321 e. The molecule has 1 heterocycles. The van der Waals surface area contributed by atoms with Crippen molar-refractivity contribution in [2.75, 3.05) is 18.1 Å². The summed E-state index contributed by atoms with van der Waals surface area (Å²) < 4.78 is 13.7. The van der Waals surface area contributed by atoms with Gasteiger partial charge >= 0.3 is 5.97 Å². The fourth-order valence-corrected chi connectivity index (χ4v) is 3.27. The summed E-state index contributed by atoms with van der Waals surface area (Å²) in [5, 5.41) is 9.49. The topological polar surface area (TPSA) is 40.5 Å². The third-order valence-corrected chi connectivity index (χ3v) is 4.32. The molecule has 18 heavy (non-hydrogen) atoms. The van der Waals surface area contributed by atoms with E-state index in [1.165, 1.54) is 6.07 Å². The molecule has 1 atom stereocenters. The van der Waals surface area contributed by atoms with Crippen LogP contribution in [0.1, 0.15) is 5.56 Å². The normalized spacial score (nSPS) is 20.9. The third kappa shape index (κ3) is 2.96. The van der Waals surface area contributed by atoms with Crippen LogP contribution in [0.5, 0.6) is 0 Å². The van der Waals surface area contributed by atoms with E-state index in [1.807, 2.05) is 0 Å². The van der Waals surface area contributed by atoms with Gasteiger partial charge in [0.2, 0.25) is 0 Å². The maximum atomic E-state index is 13.7. The summed E-state index contributed by atoms with van der Waals surface area (Å²) in [6, 6.07) is 3.94. The van der Waals surface area contributed by atoms with E-state index in [9.17, 15) is 9.18 Å². The molecule has 0 spiro atoms. The second-order valence-electron chi connectivity index (χ2n) is 4.10. The van der Waals surface area contributed by atoms with Gasteiger partial charge in [0.1, 0.15) is 11.9 Å². The first kappa shape index (κ1) is 13.6. The first-order chi connectivity index (χ1) is 8.59. The largest absolute Gasteiger partial charge is 0.480 e. The van der Waals surface area contributed by atoms with Crippen molar-refractivity contribution in [3.8, 4) is 0 Å². The van der Waals surface area contributed by atoms with E-state index in [0.717, 1.165) is 5.75 Å². The van der Waals surface area contributed by atoms with E-state index in [1.54, 1.807) is 28.8 Å². The van der Waals surface area contributed by atoms with E-state index >= 15 is 0 Å². The Morgan fingerprint density at radius 1 is 1.61 bits per heavy atom. The lowest BCUT2D eigenvalue weighted by molar-refractivity contribution is -0.142. The fraction of sp³-hybridized carbons (Fsp3) is 0.417. The van der Waals surface area contributed by atoms with E-state index in [-0.39, 0.29) is 12.4 Å². The Bertz CT molecular complexity index is 437. The van der Waals surface area contributed by atoms with Crippen molar-refractivity contribution in [3.63, 3.8) is 0 Å². The van der Waals surface area contributed by atoms with Crippen molar-refractivity contribution in [1.82, 2.24) is 4.90 Å². The molecular weight excluding hydrogens is 277 g/mol. The SMILES string of the molecule is O=C(O)C1CSCCN1Cc1c(F)cccc1Cl. The van der Waals surface area contributed by atoms with Crippen molar-refractivity contribution in [1.29, 1.82) is 0 Å². The van der Waals surface area contributed by atoms with Crippen molar-refractivity contribution in [2.24, 2.45) is 0 Å². The predicted octanol–water partition coefficient (Wildman–Crippen LogP) is 2.48.